The molecule has 0 unspecified atom stereocenters. The zero-order valence-corrected chi connectivity index (χ0v) is 15.4. The molecule has 6 nitrogen and oxygen atoms in total. The van der Waals surface area contributed by atoms with E-state index in [9.17, 15) is 0 Å². The third-order valence-corrected chi connectivity index (χ3v) is 5.65. The summed E-state index contributed by atoms with van der Waals surface area (Å²) in [5, 5.41) is 7.36. The van der Waals surface area contributed by atoms with Crippen molar-refractivity contribution >= 4 is 5.82 Å². The van der Waals surface area contributed by atoms with Crippen LogP contribution in [0.5, 0.6) is 0 Å². The maximum atomic E-state index is 5.98. The van der Waals surface area contributed by atoms with Crippen molar-refractivity contribution in [2.24, 2.45) is 5.73 Å². The Hall–Kier alpha value is -1.95. The van der Waals surface area contributed by atoms with Crippen molar-refractivity contribution in [2.75, 3.05) is 18.5 Å². The zero-order chi connectivity index (χ0) is 17.6. The minimum Gasteiger partial charge on any atom is -0.359 e. The fourth-order valence-electron chi connectivity index (χ4n) is 3.64. The van der Waals surface area contributed by atoms with Crippen LogP contribution in [0.3, 0.4) is 0 Å². The van der Waals surface area contributed by atoms with Crippen molar-refractivity contribution in [2.45, 2.75) is 63.8 Å². The van der Waals surface area contributed by atoms with Gasteiger partial charge in [0.15, 0.2) is 0 Å². The quantitative estimate of drug-likeness (QED) is 0.844. The molecule has 2 fully saturated rings. The molecule has 25 heavy (non-hydrogen) atoms. The lowest BCUT2D eigenvalue weighted by Crippen LogP contribution is -2.35. The van der Waals surface area contributed by atoms with Gasteiger partial charge in [0, 0.05) is 48.9 Å². The van der Waals surface area contributed by atoms with Crippen LogP contribution in [-0.2, 0) is 6.42 Å². The Balaban J connectivity index is 1.51. The molecule has 2 aliphatic rings. The summed E-state index contributed by atoms with van der Waals surface area (Å²) >= 11 is 0. The van der Waals surface area contributed by atoms with Gasteiger partial charge in [-0.2, -0.15) is 5.10 Å². The highest BCUT2D eigenvalue weighted by Gasteiger charge is 2.32. The van der Waals surface area contributed by atoms with Gasteiger partial charge >= 0.3 is 0 Å². The van der Waals surface area contributed by atoms with Crippen LogP contribution in [-0.4, -0.2) is 39.8 Å². The number of hydrogen-bond donors (Lipinski definition) is 2. The molecule has 2 saturated carbocycles. The topological polar surface area (TPSA) is 83.7 Å². The predicted octanol–water partition coefficient (Wildman–Crippen LogP) is 2.58. The Morgan fingerprint density at radius 1 is 1.20 bits per heavy atom. The molecule has 6 heteroatoms. The van der Waals surface area contributed by atoms with E-state index in [2.05, 4.69) is 42.1 Å². The number of anilines is 1. The monoisotopic (exact) mass is 340 g/mol. The third-order valence-electron chi connectivity index (χ3n) is 5.65. The summed E-state index contributed by atoms with van der Waals surface area (Å²) in [7, 11) is 2.13. The van der Waals surface area contributed by atoms with E-state index >= 15 is 0 Å². The van der Waals surface area contributed by atoms with Gasteiger partial charge in [0.25, 0.3) is 0 Å². The van der Waals surface area contributed by atoms with E-state index in [0.29, 0.717) is 17.9 Å². The molecule has 4 rings (SSSR count). The van der Waals surface area contributed by atoms with Crippen LogP contribution in [0.1, 0.15) is 66.0 Å². The molecule has 134 valence electrons. The summed E-state index contributed by atoms with van der Waals surface area (Å²) in [6, 6.07) is 2.52. The van der Waals surface area contributed by atoms with Crippen LogP contribution < -0.4 is 10.6 Å². The van der Waals surface area contributed by atoms with Gasteiger partial charge in [0.05, 0.1) is 5.69 Å². The van der Waals surface area contributed by atoms with E-state index in [1.54, 1.807) is 0 Å². The second-order valence-corrected chi connectivity index (χ2v) is 7.80. The van der Waals surface area contributed by atoms with Crippen molar-refractivity contribution in [1.82, 2.24) is 20.2 Å². The van der Waals surface area contributed by atoms with E-state index in [-0.39, 0.29) is 0 Å². The maximum absolute atomic E-state index is 5.98. The molecule has 0 bridgehead atoms. The SMILES string of the molecule is Cc1n[nH]c(C)c1CCN(C)c1cc(C2CC(N)C2)nc(C2CC2)n1. The number of aromatic nitrogens is 4. The highest BCUT2D eigenvalue weighted by atomic mass is 15.2. The normalized spacial score (nSPS) is 22.7. The smallest absolute Gasteiger partial charge is 0.134 e. The number of rotatable bonds is 6. The van der Waals surface area contributed by atoms with Gasteiger partial charge in [-0.1, -0.05) is 0 Å². The van der Waals surface area contributed by atoms with Crippen LogP contribution in [0.4, 0.5) is 5.82 Å². The zero-order valence-electron chi connectivity index (χ0n) is 15.4. The van der Waals surface area contributed by atoms with Gasteiger partial charge in [-0.3, -0.25) is 5.10 Å². The van der Waals surface area contributed by atoms with E-state index in [0.717, 1.165) is 48.8 Å². The van der Waals surface area contributed by atoms with Crippen molar-refractivity contribution in [3.05, 3.63) is 34.5 Å². The molecule has 2 aromatic rings. The summed E-state index contributed by atoms with van der Waals surface area (Å²) in [6.45, 7) is 5.07. The number of nitrogens with zero attached hydrogens (tertiary/aromatic N) is 4. The van der Waals surface area contributed by atoms with Gasteiger partial charge in [-0.25, -0.2) is 9.97 Å². The van der Waals surface area contributed by atoms with Crippen molar-refractivity contribution < 1.29 is 0 Å². The van der Waals surface area contributed by atoms with Crippen LogP contribution in [0.2, 0.25) is 0 Å². The first-order chi connectivity index (χ1) is 12.0. The maximum Gasteiger partial charge on any atom is 0.134 e. The molecule has 2 heterocycles. The number of aromatic amines is 1. The Labute approximate surface area is 149 Å². The fraction of sp³-hybridized carbons (Fsp3) is 0.632. The number of likely N-dealkylation sites (N-methyl/N-ethyl adjacent to an activating group) is 1. The molecule has 0 spiro atoms. The molecule has 0 atom stereocenters. The van der Waals surface area contributed by atoms with Gasteiger partial charge in [-0.15, -0.1) is 0 Å². The van der Waals surface area contributed by atoms with E-state index in [4.69, 9.17) is 15.7 Å². The molecule has 3 N–H and O–H groups in total. The number of hydrogen-bond acceptors (Lipinski definition) is 5. The summed E-state index contributed by atoms with van der Waals surface area (Å²) in [6.07, 6.45) is 5.53. The first-order valence-corrected chi connectivity index (χ1v) is 9.37. The molecule has 0 saturated heterocycles. The third kappa shape index (κ3) is 3.40. The van der Waals surface area contributed by atoms with E-state index in [1.165, 1.54) is 24.1 Å². The van der Waals surface area contributed by atoms with E-state index < -0.39 is 0 Å². The first kappa shape index (κ1) is 16.5. The molecular weight excluding hydrogens is 312 g/mol. The summed E-state index contributed by atoms with van der Waals surface area (Å²) in [5.41, 5.74) is 10.7. The minimum absolute atomic E-state index is 0.345. The second kappa shape index (κ2) is 6.41. The molecule has 2 aromatic heterocycles. The number of nitrogens with two attached hydrogens (primary N) is 1. The Kier molecular flexibility index (Phi) is 4.23. The lowest BCUT2D eigenvalue weighted by molar-refractivity contribution is 0.344. The van der Waals surface area contributed by atoms with Gasteiger partial charge < -0.3 is 10.6 Å². The Morgan fingerprint density at radius 3 is 2.56 bits per heavy atom. The number of H-pyrrole nitrogens is 1. The minimum atomic E-state index is 0.345. The standard InChI is InChI=1S/C19H28N6/c1-11-16(12(2)24-23-11)6-7-25(3)18-10-17(14-8-15(20)9-14)21-19(22-18)13-4-5-13/h10,13-15H,4-9,20H2,1-3H3,(H,23,24). The van der Waals surface area contributed by atoms with Gasteiger partial charge in [0.1, 0.15) is 11.6 Å². The van der Waals surface area contributed by atoms with Crippen molar-refractivity contribution in [3.63, 3.8) is 0 Å². The number of aryl methyl sites for hydroxylation is 2. The summed E-state index contributed by atoms with van der Waals surface area (Å²) in [5.74, 6) is 3.17. The second-order valence-electron chi connectivity index (χ2n) is 7.80. The fourth-order valence-corrected chi connectivity index (χ4v) is 3.64. The van der Waals surface area contributed by atoms with Crippen LogP contribution in [0.15, 0.2) is 6.07 Å². The molecule has 0 aromatic carbocycles. The summed E-state index contributed by atoms with van der Waals surface area (Å²) < 4.78 is 0. The van der Waals surface area contributed by atoms with Crippen LogP contribution in [0, 0.1) is 13.8 Å². The molecular formula is C19H28N6. The largest absolute Gasteiger partial charge is 0.359 e. The Morgan fingerprint density at radius 2 is 1.96 bits per heavy atom. The van der Waals surface area contributed by atoms with E-state index in [1.807, 2.05) is 0 Å². The summed E-state index contributed by atoms with van der Waals surface area (Å²) in [4.78, 5) is 12.0. The Bertz CT molecular complexity index is 738. The van der Waals surface area contributed by atoms with Crippen molar-refractivity contribution in [1.29, 1.82) is 0 Å². The van der Waals surface area contributed by atoms with Crippen LogP contribution >= 0.6 is 0 Å². The van der Waals surface area contributed by atoms with Crippen molar-refractivity contribution in [3.8, 4) is 0 Å². The predicted molar refractivity (Wildman–Crippen MR) is 99.0 cm³/mol. The number of nitrogens with one attached hydrogen (secondary N) is 1. The highest BCUT2D eigenvalue weighted by molar-refractivity contribution is 5.41. The molecule has 0 aliphatic heterocycles. The first-order valence-electron chi connectivity index (χ1n) is 9.37. The lowest BCUT2D eigenvalue weighted by atomic mass is 9.78. The average Bonchev–Trinajstić information content (AvgIpc) is 3.37. The highest BCUT2D eigenvalue weighted by Crippen LogP contribution is 2.41. The van der Waals surface area contributed by atoms with Gasteiger partial charge in [-0.05, 0) is 51.5 Å². The lowest BCUT2D eigenvalue weighted by Gasteiger charge is -2.32. The molecule has 2 aliphatic carbocycles. The average molecular weight is 340 g/mol. The van der Waals surface area contributed by atoms with Crippen LogP contribution in [0.25, 0.3) is 0 Å². The molecule has 0 amide bonds. The molecule has 0 radical (unpaired) electrons. The van der Waals surface area contributed by atoms with Gasteiger partial charge in [0.2, 0.25) is 0 Å².